The molecule has 1 aliphatic heterocycles. The lowest BCUT2D eigenvalue weighted by molar-refractivity contribution is -0.0186. The van der Waals surface area contributed by atoms with E-state index in [1.165, 1.54) is 0 Å². The Labute approximate surface area is 210 Å². The number of aliphatic hydroxyl groups is 2. The Morgan fingerprint density at radius 3 is 2.44 bits per heavy atom. The van der Waals surface area contributed by atoms with Gasteiger partial charge in [-0.1, -0.05) is 36.4 Å². The molecule has 1 saturated heterocycles. The molecule has 2 aromatic carbocycles. The first-order chi connectivity index (χ1) is 16.9. The first-order valence-corrected chi connectivity index (χ1v) is 14.6. The van der Waals surface area contributed by atoms with Gasteiger partial charge >= 0.3 is 15.2 Å². The summed E-state index contributed by atoms with van der Waals surface area (Å²) in [4.78, 5) is 35.9. The Bertz CT molecular complexity index is 1330. The third kappa shape index (κ3) is 6.67. The van der Waals surface area contributed by atoms with E-state index in [0.717, 1.165) is 5.56 Å². The predicted octanol–water partition coefficient (Wildman–Crippen LogP) is 2.39. The molecular weight excluding hydrogens is 536 g/mol. The zero-order chi connectivity index (χ0) is 26.1. The number of fused-ring (bicyclic) bond motifs is 1. The minimum atomic E-state index is -4.81. The average molecular weight is 560 g/mol. The summed E-state index contributed by atoms with van der Waals surface area (Å²) in [5.74, 6) is -0.871. The van der Waals surface area contributed by atoms with Crippen molar-refractivity contribution in [1.82, 2.24) is 9.97 Å². The van der Waals surface area contributed by atoms with Crippen LogP contribution in [0.2, 0.25) is 5.28 Å². The number of rotatable bonds is 9. The van der Waals surface area contributed by atoms with Gasteiger partial charge < -0.3 is 39.5 Å². The van der Waals surface area contributed by atoms with Crippen LogP contribution in [0.3, 0.4) is 0 Å². The van der Waals surface area contributed by atoms with Crippen LogP contribution in [0.15, 0.2) is 48.5 Å². The molecule has 0 spiro atoms. The number of ether oxygens (including phenoxy) is 1. The summed E-state index contributed by atoms with van der Waals surface area (Å²) >= 11 is 6.12. The zero-order valence-electron chi connectivity index (χ0n) is 18.6. The molecule has 3 aromatic rings. The van der Waals surface area contributed by atoms with Crippen molar-refractivity contribution in [3.05, 3.63) is 64.9 Å². The van der Waals surface area contributed by atoms with Crippen LogP contribution in [0.25, 0.3) is 10.9 Å². The fourth-order valence-corrected chi connectivity index (χ4v) is 6.58. The summed E-state index contributed by atoms with van der Waals surface area (Å²) in [6.45, 7) is -0.169. The highest BCUT2D eigenvalue weighted by Crippen LogP contribution is 2.55. The summed E-state index contributed by atoms with van der Waals surface area (Å²) in [5.41, 5.74) is 1.94. The van der Waals surface area contributed by atoms with Crippen molar-refractivity contribution in [2.75, 3.05) is 17.8 Å². The fraction of sp³-hybridized carbons (Fsp3) is 0.333. The van der Waals surface area contributed by atoms with Gasteiger partial charge in [0.25, 0.3) is 0 Å². The highest BCUT2D eigenvalue weighted by Gasteiger charge is 2.45. The number of aromatic nitrogens is 2. The molecule has 0 saturated carbocycles. The Morgan fingerprint density at radius 2 is 1.75 bits per heavy atom. The Kier molecular flexibility index (Phi) is 8.13. The molecule has 2 heterocycles. The van der Waals surface area contributed by atoms with E-state index in [2.05, 4.69) is 15.3 Å². The maximum atomic E-state index is 11.9. The van der Waals surface area contributed by atoms with Crippen LogP contribution >= 0.6 is 26.8 Å². The molecule has 0 aliphatic carbocycles. The largest absolute Gasteiger partial charge is 0.387 e. The maximum absolute atomic E-state index is 11.9. The molecule has 36 heavy (non-hydrogen) atoms. The number of hydrogen-bond acceptors (Lipinski definition) is 9. The van der Waals surface area contributed by atoms with Gasteiger partial charge in [-0.15, -0.1) is 0 Å². The van der Waals surface area contributed by atoms with Crippen molar-refractivity contribution in [2.24, 2.45) is 0 Å². The normalized spacial score (nSPS) is 24.1. The first kappa shape index (κ1) is 27.1. The summed E-state index contributed by atoms with van der Waals surface area (Å²) in [5, 5.41) is 24.8. The van der Waals surface area contributed by atoms with Crippen molar-refractivity contribution >= 4 is 43.5 Å². The third-order valence-electron chi connectivity index (χ3n) is 5.49. The van der Waals surface area contributed by atoms with Gasteiger partial charge in [0.1, 0.15) is 30.2 Å². The van der Waals surface area contributed by atoms with Gasteiger partial charge in [-0.3, -0.25) is 9.13 Å². The minimum absolute atomic E-state index is 0.00170. The number of nitrogens with zero attached hydrogens (tertiary/aromatic N) is 2. The van der Waals surface area contributed by atoms with E-state index in [4.69, 9.17) is 30.6 Å². The second-order valence-electron chi connectivity index (χ2n) is 8.27. The highest BCUT2D eigenvalue weighted by atomic mass is 35.5. The molecular formula is C21H24ClN3O9P2. The highest BCUT2D eigenvalue weighted by molar-refractivity contribution is 7.70. The van der Waals surface area contributed by atoms with Crippen LogP contribution < -0.4 is 5.32 Å². The zero-order valence-corrected chi connectivity index (χ0v) is 21.1. The Hall–Kier alpha value is -1.95. The third-order valence-corrected chi connectivity index (χ3v) is 9.12. The van der Waals surface area contributed by atoms with E-state index in [1.807, 2.05) is 30.3 Å². The number of benzene rings is 2. The lowest BCUT2D eigenvalue weighted by Gasteiger charge is -2.18. The van der Waals surface area contributed by atoms with Crippen molar-refractivity contribution in [3.8, 4) is 0 Å². The van der Waals surface area contributed by atoms with Crippen LogP contribution in [-0.2, 0) is 24.9 Å². The monoisotopic (exact) mass is 559 g/mol. The van der Waals surface area contributed by atoms with E-state index in [9.17, 15) is 24.2 Å². The summed E-state index contributed by atoms with van der Waals surface area (Å²) in [7, 11) is -9.46. The summed E-state index contributed by atoms with van der Waals surface area (Å²) < 4.78 is 33.3. The number of aliphatic hydroxyl groups excluding tert-OH is 2. The molecule has 15 heteroatoms. The van der Waals surface area contributed by atoms with Crippen molar-refractivity contribution < 1.29 is 43.3 Å². The molecule has 0 bridgehead atoms. The van der Waals surface area contributed by atoms with Gasteiger partial charge in [0.15, 0.2) is 5.90 Å². The van der Waals surface area contributed by atoms with Crippen LogP contribution in [0.1, 0.15) is 17.2 Å². The van der Waals surface area contributed by atoms with Gasteiger partial charge in [0, 0.05) is 11.9 Å². The number of nitrogens with one attached hydrogen (secondary N) is 1. The molecule has 0 radical (unpaired) electrons. The van der Waals surface area contributed by atoms with Crippen LogP contribution in [0.4, 0.5) is 5.82 Å². The molecule has 1 fully saturated rings. The summed E-state index contributed by atoms with van der Waals surface area (Å²) in [6, 6.07) is 14.7. The average Bonchev–Trinajstić information content (AvgIpc) is 3.08. The first-order valence-electron chi connectivity index (χ1n) is 10.7. The van der Waals surface area contributed by atoms with Crippen LogP contribution in [0.5, 0.6) is 0 Å². The molecule has 5 atom stereocenters. The fourth-order valence-electron chi connectivity index (χ4n) is 3.84. The quantitative estimate of drug-likeness (QED) is 0.166. The van der Waals surface area contributed by atoms with Gasteiger partial charge in [-0.05, 0) is 34.9 Å². The topological polar surface area (TPSA) is 192 Å². The van der Waals surface area contributed by atoms with Gasteiger partial charge in [-0.2, -0.15) is 0 Å². The van der Waals surface area contributed by atoms with E-state index >= 15 is 0 Å². The second-order valence-corrected chi connectivity index (χ2v) is 12.6. The van der Waals surface area contributed by atoms with Crippen molar-refractivity contribution in [1.29, 1.82) is 0 Å². The number of anilines is 1. The smallest absolute Gasteiger partial charge is 0.340 e. The minimum Gasteiger partial charge on any atom is -0.387 e. The molecule has 12 nitrogen and oxygen atoms in total. The van der Waals surface area contributed by atoms with Crippen molar-refractivity contribution in [3.63, 3.8) is 0 Å². The van der Waals surface area contributed by atoms with E-state index in [1.54, 1.807) is 18.2 Å². The van der Waals surface area contributed by atoms with Gasteiger partial charge in [-0.25, -0.2) is 9.97 Å². The maximum Gasteiger partial charge on any atom is 0.340 e. The molecule has 4 rings (SSSR count). The predicted molar refractivity (Wildman–Crippen MR) is 131 cm³/mol. The molecule has 194 valence electrons. The Morgan fingerprint density at radius 1 is 1.03 bits per heavy atom. The number of halogens is 1. The standard InChI is InChI=1S/C21H24ClN3O9P2/c22-21-24-15-8-13(6-7-14(15)20(25-21)23-9-12-4-2-1-3-5-12)19-18(27)17(26)16(34-19)10-33-36(31,32)11-35(28,29)30/h1-8,16-19,26-27H,9-11H2,(H,31,32)(H,23,24,25)(H2,28,29,30)/t16-,17-,18-,19+/m1/s1. The SMILES string of the molecule is O=P(O)(O)CP(=O)(O)OC[C@H]1O[C@@H](c2ccc3c(NCc4ccccc4)nc(Cl)nc3c2)[C@H](O)[C@@H]1O. The molecule has 6 N–H and O–H groups in total. The lowest BCUT2D eigenvalue weighted by Crippen LogP contribution is -2.33. The second kappa shape index (κ2) is 10.8. The number of hydrogen-bond donors (Lipinski definition) is 6. The molecule has 0 amide bonds. The molecule has 1 unspecified atom stereocenters. The Balaban J connectivity index is 1.50. The van der Waals surface area contributed by atoms with Gasteiger partial charge in [0.2, 0.25) is 5.28 Å². The van der Waals surface area contributed by atoms with Gasteiger partial charge in [0.05, 0.1) is 12.1 Å². The van der Waals surface area contributed by atoms with E-state index < -0.39 is 52.1 Å². The van der Waals surface area contributed by atoms with Crippen molar-refractivity contribution in [2.45, 2.75) is 31.0 Å². The lowest BCUT2D eigenvalue weighted by atomic mass is 10.0. The molecule has 1 aliphatic rings. The van der Waals surface area contributed by atoms with Crippen LogP contribution in [-0.4, -0.2) is 65.7 Å². The van der Waals surface area contributed by atoms with E-state index in [-0.39, 0.29) is 5.28 Å². The van der Waals surface area contributed by atoms with E-state index in [0.29, 0.717) is 28.8 Å². The molecule has 1 aromatic heterocycles. The van der Waals surface area contributed by atoms with Crippen LogP contribution in [0, 0.1) is 0 Å². The summed E-state index contributed by atoms with van der Waals surface area (Å²) in [6.07, 6.45) is -5.16.